The van der Waals surface area contributed by atoms with Gasteiger partial charge >= 0.3 is 0 Å². The summed E-state index contributed by atoms with van der Waals surface area (Å²) >= 11 is 0. The number of benzene rings is 1. The first-order chi connectivity index (χ1) is 9.31. The Morgan fingerprint density at radius 3 is 2.65 bits per heavy atom. The topological polar surface area (TPSA) is 54.2 Å². The second-order valence-electron chi connectivity index (χ2n) is 4.21. The highest BCUT2D eigenvalue weighted by Crippen LogP contribution is 2.03. The monoisotopic (exact) mass is 385 g/mol. The fourth-order valence-corrected chi connectivity index (χ4v) is 1.82. The molecular formula is C14H20IN5. The molecule has 0 bridgehead atoms. The van der Waals surface area contributed by atoms with Crippen molar-refractivity contribution in [2.75, 3.05) is 14.1 Å². The van der Waals surface area contributed by atoms with Crippen LogP contribution in [0.3, 0.4) is 0 Å². The number of guanidine groups is 1. The summed E-state index contributed by atoms with van der Waals surface area (Å²) in [5.74, 6) is 0.774. The third-order valence-electron chi connectivity index (χ3n) is 2.79. The number of rotatable bonds is 4. The number of aliphatic imine (C=N–C) groups is 1. The van der Waals surface area contributed by atoms with Crippen LogP contribution in [0.15, 0.2) is 47.7 Å². The molecule has 0 aliphatic rings. The maximum atomic E-state index is 4.36. The molecule has 2 N–H and O–H groups in total. The van der Waals surface area contributed by atoms with Gasteiger partial charge in [-0.15, -0.1) is 24.0 Å². The second kappa shape index (κ2) is 8.57. The van der Waals surface area contributed by atoms with Crippen LogP contribution in [-0.4, -0.2) is 29.8 Å². The van der Waals surface area contributed by atoms with Crippen molar-refractivity contribution in [3.05, 3.63) is 53.9 Å². The third kappa shape index (κ3) is 4.84. The van der Waals surface area contributed by atoms with Crippen molar-refractivity contribution in [1.29, 1.82) is 0 Å². The lowest BCUT2D eigenvalue weighted by atomic mass is 10.2. The molecule has 0 saturated carbocycles. The van der Waals surface area contributed by atoms with Gasteiger partial charge in [0.1, 0.15) is 0 Å². The van der Waals surface area contributed by atoms with Crippen molar-refractivity contribution < 1.29 is 0 Å². The van der Waals surface area contributed by atoms with Crippen LogP contribution >= 0.6 is 24.0 Å². The number of hydrogen-bond acceptors (Lipinski definition) is 2. The molecule has 0 spiro atoms. The van der Waals surface area contributed by atoms with Crippen LogP contribution in [0.25, 0.3) is 0 Å². The molecule has 0 fully saturated rings. The summed E-state index contributed by atoms with van der Waals surface area (Å²) in [6.45, 7) is 1.50. The summed E-state index contributed by atoms with van der Waals surface area (Å²) in [6.07, 6.45) is 3.92. The fourth-order valence-electron chi connectivity index (χ4n) is 1.82. The van der Waals surface area contributed by atoms with Gasteiger partial charge < -0.3 is 10.6 Å². The lowest BCUT2D eigenvalue weighted by molar-refractivity contribution is 0.685. The zero-order chi connectivity index (χ0) is 13.5. The van der Waals surface area contributed by atoms with Crippen molar-refractivity contribution >= 4 is 29.9 Å². The largest absolute Gasteiger partial charge is 0.359 e. The normalized spacial score (nSPS) is 10.8. The van der Waals surface area contributed by atoms with Crippen molar-refractivity contribution in [2.45, 2.75) is 13.1 Å². The van der Waals surface area contributed by atoms with E-state index in [4.69, 9.17) is 0 Å². The van der Waals surface area contributed by atoms with Crippen molar-refractivity contribution in [3.63, 3.8) is 0 Å². The molecule has 1 heterocycles. The Labute approximate surface area is 136 Å². The zero-order valence-electron chi connectivity index (χ0n) is 11.7. The number of nitrogens with zero attached hydrogens (tertiary/aromatic N) is 3. The molecule has 2 aromatic rings. The van der Waals surface area contributed by atoms with E-state index in [1.807, 2.05) is 42.3 Å². The Bertz CT molecular complexity index is 536. The van der Waals surface area contributed by atoms with E-state index in [9.17, 15) is 0 Å². The molecule has 0 aliphatic heterocycles. The second-order valence-corrected chi connectivity index (χ2v) is 4.21. The summed E-state index contributed by atoms with van der Waals surface area (Å²) in [5.41, 5.74) is 2.38. The first-order valence-corrected chi connectivity index (χ1v) is 6.25. The lowest BCUT2D eigenvalue weighted by Gasteiger charge is -2.06. The molecule has 0 atom stereocenters. The average Bonchev–Trinajstić information content (AvgIpc) is 2.89. The summed E-state index contributed by atoms with van der Waals surface area (Å²) in [4.78, 5) is 4.06. The molecule has 0 saturated heterocycles. The number of halogens is 1. The molecule has 20 heavy (non-hydrogen) atoms. The van der Waals surface area contributed by atoms with Crippen LogP contribution in [0.2, 0.25) is 0 Å². The maximum Gasteiger partial charge on any atom is 0.190 e. The fraction of sp³-hybridized carbons (Fsp3) is 0.286. The van der Waals surface area contributed by atoms with Gasteiger partial charge in [0.05, 0.1) is 12.7 Å². The first kappa shape index (κ1) is 16.5. The van der Waals surface area contributed by atoms with Crippen molar-refractivity contribution in [3.8, 4) is 0 Å². The summed E-state index contributed by atoms with van der Waals surface area (Å²) in [5, 5.41) is 10.5. The first-order valence-electron chi connectivity index (χ1n) is 6.25. The van der Waals surface area contributed by atoms with E-state index in [-0.39, 0.29) is 24.0 Å². The maximum absolute atomic E-state index is 4.36. The molecule has 0 unspecified atom stereocenters. The van der Waals surface area contributed by atoms with E-state index in [0.29, 0.717) is 6.54 Å². The molecule has 2 rings (SSSR count). The van der Waals surface area contributed by atoms with Crippen molar-refractivity contribution in [1.82, 2.24) is 20.4 Å². The van der Waals surface area contributed by atoms with E-state index in [2.05, 4.69) is 32.9 Å². The molecule has 108 valence electrons. The highest BCUT2D eigenvalue weighted by Gasteiger charge is 2.00. The molecule has 1 aromatic heterocycles. The van der Waals surface area contributed by atoms with E-state index in [1.165, 1.54) is 5.56 Å². The van der Waals surface area contributed by atoms with Gasteiger partial charge in [0.15, 0.2) is 5.96 Å². The van der Waals surface area contributed by atoms with Gasteiger partial charge in [-0.25, -0.2) is 0 Å². The van der Waals surface area contributed by atoms with Gasteiger partial charge in [-0.1, -0.05) is 30.3 Å². The molecule has 0 amide bonds. The number of nitrogens with one attached hydrogen (secondary N) is 2. The zero-order valence-corrected chi connectivity index (χ0v) is 14.0. The SMILES string of the molecule is CN=C(NC)NCc1cnn(Cc2ccccc2)c1.I. The van der Waals surface area contributed by atoms with Crippen LogP contribution in [0.4, 0.5) is 0 Å². The lowest BCUT2D eigenvalue weighted by Crippen LogP contribution is -2.33. The van der Waals surface area contributed by atoms with Crippen LogP contribution in [0.1, 0.15) is 11.1 Å². The van der Waals surface area contributed by atoms with Gasteiger partial charge in [-0.05, 0) is 5.56 Å². The average molecular weight is 385 g/mol. The van der Waals surface area contributed by atoms with Crippen LogP contribution in [0.5, 0.6) is 0 Å². The van der Waals surface area contributed by atoms with Crippen LogP contribution < -0.4 is 10.6 Å². The van der Waals surface area contributed by atoms with E-state index in [1.54, 1.807) is 7.05 Å². The van der Waals surface area contributed by atoms with E-state index in [0.717, 1.165) is 18.1 Å². The standard InChI is InChI=1S/C14H19N5.HI/c1-15-14(16-2)17-8-13-9-18-19(11-13)10-12-6-4-3-5-7-12;/h3-7,9,11H,8,10H2,1-2H3,(H2,15,16,17);1H. The molecule has 5 nitrogen and oxygen atoms in total. The quantitative estimate of drug-likeness (QED) is 0.480. The van der Waals surface area contributed by atoms with Crippen molar-refractivity contribution in [2.24, 2.45) is 4.99 Å². The minimum atomic E-state index is 0. The Morgan fingerprint density at radius 1 is 1.25 bits per heavy atom. The summed E-state index contributed by atoms with van der Waals surface area (Å²) in [7, 11) is 3.59. The van der Waals surface area contributed by atoms with Gasteiger partial charge in [-0.3, -0.25) is 9.67 Å². The van der Waals surface area contributed by atoms with E-state index >= 15 is 0 Å². The van der Waals surface area contributed by atoms with E-state index < -0.39 is 0 Å². The van der Waals surface area contributed by atoms with Crippen LogP contribution in [0, 0.1) is 0 Å². The molecular weight excluding hydrogens is 365 g/mol. The Hall–Kier alpha value is -1.57. The Morgan fingerprint density at radius 2 is 2.00 bits per heavy atom. The van der Waals surface area contributed by atoms with Crippen LogP contribution in [-0.2, 0) is 13.1 Å². The Kier molecular flexibility index (Phi) is 7.06. The predicted molar refractivity (Wildman–Crippen MR) is 92.4 cm³/mol. The molecule has 0 radical (unpaired) electrons. The molecule has 0 aliphatic carbocycles. The summed E-state index contributed by atoms with van der Waals surface area (Å²) < 4.78 is 1.94. The number of aromatic nitrogens is 2. The Balaban J connectivity index is 0.00000200. The third-order valence-corrected chi connectivity index (χ3v) is 2.79. The minimum Gasteiger partial charge on any atom is -0.359 e. The summed E-state index contributed by atoms with van der Waals surface area (Å²) in [6, 6.07) is 10.3. The highest BCUT2D eigenvalue weighted by molar-refractivity contribution is 14.0. The van der Waals surface area contributed by atoms with Gasteiger partial charge in [-0.2, -0.15) is 5.10 Å². The van der Waals surface area contributed by atoms with Gasteiger partial charge in [0.25, 0.3) is 0 Å². The van der Waals surface area contributed by atoms with Gasteiger partial charge in [0, 0.05) is 32.4 Å². The molecule has 1 aromatic carbocycles. The highest BCUT2D eigenvalue weighted by atomic mass is 127. The smallest absolute Gasteiger partial charge is 0.190 e. The minimum absolute atomic E-state index is 0. The van der Waals surface area contributed by atoms with Gasteiger partial charge in [0.2, 0.25) is 0 Å². The number of hydrogen-bond donors (Lipinski definition) is 2. The predicted octanol–water partition coefficient (Wildman–Crippen LogP) is 1.84. The molecule has 6 heteroatoms.